The number of nitrogens with zero attached hydrogens (tertiary/aromatic N) is 1. The van der Waals surface area contributed by atoms with Crippen molar-refractivity contribution in [3.63, 3.8) is 0 Å². The number of unbranched alkanes of at least 4 members (excludes halogenated alkanes) is 6. The third-order valence-electron chi connectivity index (χ3n) is 8.31. The van der Waals surface area contributed by atoms with E-state index in [1.807, 2.05) is 12.1 Å². The Bertz CT molecular complexity index is 949. The summed E-state index contributed by atoms with van der Waals surface area (Å²) >= 11 is 0. The molecule has 2 aromatic carbocycles. The molecular weight excluding hydrogens is 457 g/mol. The molecule has 37 heavy (non-hydrogen) atoms. The SMILES string of the molecule is [C-]#[N+]C1(CCCCCCC)CCC(c2ccc(-c3ccc(OCC(C)(F)CCCCC)cc3)cc2)CC1. The molecule has 1 aliphatic carbocycles. The summed E-state index contributed by atoms with van der Waals surface area (Å²) in [6.07, 6.45) is 15.4. The lowest BCUT2D eigenvalue weighted by Crippen LogP contribution is -2.30. The van der Waals surface area contributed by atoms with E-state index in [4.69, 9.17) is 11.3 Å². The van der Waals surface area contributed by atoms with Crippen molar-refractivity contribution in [1.29, 1.82) is 0 Å². The predicted molar refractivity (Wildman–Crippen MR) is 155 cm³/mol. The molecule has 2 nitrogen and oxygen atoms in total. The highest BCUT2D eigenvalue weighted by molar-refractivity contribution is 5.64. The molecule has 0 heterocycles. The molecule has 1 saturated carbocycles. The van der Waals surface area contributed by atoms with Crippen molar-refractivity contribution in [3.8, 4) is 16.9 Å². The van der Waals surface area contributed by atoms with Crippen LogP contribution in [0.15, 0.2) is 48.5 Å². The number of hydrogen-bond donors (Lipinski definition) is 0. The molecule has 3 heteroatoms. The van der Waals surface area contributed by atoms with Gasteiger partial charge < -0.3 is 9.58 Å². The van der Waals surface area contributed by atoms with Gasteiger partial charge in [0.1, 0.15) is 18.0 Å². The summed E-state index contributed by atoms with van der Waals surface area (Å²) in [4.78, 5) is 4.15. The van der Waals surface area contributed by atoms with Crippen LogP contribution in [-0.4, -0.2) is 17.8 Å². The lowest BCUT2D eigenvalue weighted by atomic mass is 9.72. The maximum atomic E-state index is 14.7. The fraction of sp³-hybridized carbons (Fsp3) is 0.618. The van der Waals surface area contributed by atoms with E-state index >= 15 is 0 Å². The van der Waals surface area contributed by atoms with E-state index in [9.17, 15) is 4.39 Å². The number of ether oxygens (including phenoxy) is 1. The number of alkyl halides is 1. The Hall–Kier alpha value is -2.34. The van der Waals surface area contributed by atoms with Crippen molar-refractivity contribution in [2.45, 2.75) is 128 Å². The lowest BCUT2D eigenvalue weighted by molar-refractivity contribution is 0.0907. The van der Waals surface area contributed by atoms with E-state index in [1.54, 1.807) is 6.92 Å². The first-order chi connectivity index (χ1) is 17.9. The van der Waals surface area contributed by atoms with Crippen LogP contribution in [0.2, 0.25) is 0 Å². The number of benzene rings is 2. The third-order valence-corrected chi connectivity index (χ3v) is 8.31. The Labute approximate surface area is 225 Å². The summed E-state index contributed by atoms with van der Waals surface area (Å²) in [5.74, 6) is 1.28. The Morgan fingerprint density at radius 3 is 2.03 bits per heavy atom. The Balaban J connectivity index is 1.49. The quantitative estimate of drug-likeness (QED) is 0.173. The highest BCUT2D eigenvalue weighted by Gasteiger charge is 2.40. The molecule has 1 fully saturated rings. The van der Waals surface area contributed by atoms with Crippen LogP contribution in [0.1, 0.15) is 122 Å². The predicted octanol–water partition coefficient (Wildman–Crippen LogP) is 10.7. The van der Waals surface area contributed by atoms with Gasteiger partial charge in [-0.25, -0.2) is 11.0 Å². The smallest absolute Gasteiger partial charge is 0.232 e. The molecule has 0 amide bonds. The molecule has 2 aromatic rings. The van der Waals surface area contributed by atoms with Gasteiger partial charge in [0.15, 0.2) is 0 Å². The largest absolute Gasteiger partial charge is 0.490 e. The van der Waals surface area contributed by atoms with Crippen LogP contribution in [0, 0.1) is 6.57 Å². The molecule has 0 bridgehead atoms. The third kappa shape index (κ3) is 9.17. The Kier molecular flexibility index (Phi) is 11.5. The summed E-state index contributed by atoms with van der Waals surface area (Å²) in [6.45, 7) is 14.0. The molecule has 1 aliphatic rings. The first-order valence-corrected chi connectivity index (χ1v) is 14.8. The van der Waals surface area contributed by atoms with E-state index < -0.39 is 5.67 Å². The van der Waals surface area contributed by atoms with Gasteiger partial charge in [-0.1, -0.05) is 95.2 Å². The number of rotatable bonds is 15. The molecule has 0 aliphatic heterocycles. The second kappa shape index (κ2) is 14.6. The number of halogens is 1. The highest BCUT2D eigenvalue weighted by atomic mass is 19.1. The van der Waals surface area contributed by atoms with Gasteiger partial charge in [0, 0.05) is 19.3 Å². The summed E-state index contributed by atoms with van der Waals surface area (Å²) < 4.78 is 20.4. The fourth-order valence-electron chi connectivity index (χ4n) is 5.70. The van der Waals surface area contributed by atoms with Gasteiger partial charge in [0.2, 0.25) is 5.54 Å². The van der Waals surface area contributed by atoms with Crippen molar-refractivity contribution in [2.24, 2.45) is 0 Å². The van der Waals surface area contributed by atoms with Gasteiger partial charge in [-0.2, -0.15) is 0 Å². The van der Waals surface area contributed by atoms with Gasteiger partial charge in [0.25, 0.3) is 0 Å². The van der Waals surface area contributed by atoms with Gasteiger partial charge in [-0.05, 0) is 67.3 Å². The van der Waals surface area contributed by atoms with E-state index in [0.29, 0.717) is 12.3 Å². The Morgan fingerprint density at radius 1 is 0.865 bits per heavy atom. The highest BCUT2D eigenvalue weighted by Crippen LogP contribution is 2.43. The van der Waals surface area contributed by atoms with Crippen LogP contribution in [-0.2, 0) is 0 Å². The van der Waals surface area contributed by atoms with Gasteiger partial charge in [-0.15, -0.1) is 0 Å². The zero-order valence-electron chi connectivity index (χ0n) is 23.5. The zero-order valence-corrected chi connectivity index (χ0v) is 23.5. The fourth-order valence-corrected chi connectivity index (χ4v) is 5.70. The van der Waals surface area contributed by atoms with Crippen molar-refractivity contribution in [1.82, 2.24) is 0 Å². The van der Waals surface area contributed by atoms with E-state index in [2.05, 4.69) is 55.1 Å². The summed E-state index contributed by atoms with van der Waals surface area (Å²) in [5, 5.41) is 0. The van der Waals surface area contributed by atoms with Gasteiger partial charge in [-0.3, -0.25) is 0 Å². The molecule has 0 aromatic heterocycles. The van der Waals surface area contributed by atoms with Crippen LogP contribution in [0.5, 0.6) is 5.75 Å². The van der Waals surface area contributed by atoms with E-state index in [-0.39, 0.29) is 12.1 Å². The molecule has 0 radical (unpaired) electrons. The molecule has 202 valence electrons. The number of hydrogen-bond acceptors (Lipinski definition) is 1. The molecule has 0 spiro atoms. The molecule has 1 unspecified atom stereocenters. The summed E-state index contributed by atoms with van der Waals surface area (Å²) in [6, 6.07) is 17.0. The molecular formula is C34H48FNO. The van der Waals surface area contributed by atoms with Crippen LogP contribution >= 0.6 is 0 Å². The minimum Gasteiger partial charge on any atom is -0.490 e. The van der Waals surface area contributed by atoms with Crippen molar-refractivity contribution in [2.75, 3.05) is 6.61 Å². The average Bonchev–Trinajstić information content (AvgIpc) is 2.93. The van der Waals surface area contributed by atoms with Gasteiger partial charge >= 0.3 is 0 Å². The summed E-state index contributed by atoms with van der Waals surface area (Å²) in [7, 11) is 0. The Morgan fingerprint density at radius 2 is 1.43 bits per heavy atom. The van der Waals surface area contributed by atoms with Gasteiger partial charge in [0.05, 0.1) is 0 Å². The monoisotopic (exact) mass is 505 g/mol. The second-order valence-electron chi connectivity index (χ2n) is 11.6. The van der Waals surface area contributed by atoms with Crippen molar-refractivity contribution >= 4 is 0 Å². The molecule has 1 atom stereocenters. The van der Waals surface area contributed by atoms with Crippen LogP contribution in [0.25, 0.3) is 16.0 Å². The molecule has 3 rings (SSSR count). The van der Waals surface area contributed by atoms with Crippen LogP contribution < -0.4 is 4.74 Å². The average molecular weight is 506 g/mol. The minimum absolute atomic E-state index is 0.0970. The first-order valence-electron chi connectivity index (χ1n) is 14.8. The molecule has 0 saturated heterocycles. The van der Waals surface area contributed by atoms with Crippen LogP contribution in [0.4, 0.5) is 4.39 Å². The first kappa shape index (κ1) is 29.2. The maximum Gasteiger partial charge on any atom is 0.232 e. The maximum absolute atomic E-state index is 14.7. The lowest BCUT2D eigenvalue weighted by Gasteiger charge is -2.31. The van der Waals surface area contributed by atoms with Crippen LogP contribution in [0.3, 0.4) is 0 Å². The topological polar surface area (TPSA) is 13.6 Å². The van der Waals surface area contributed by atoms with E-state index in [1.165, 1.54) is 43.2 Å². The molecule has 0 N–H and O–H groups in total. The van der Waals surface area contributed by atoms with Crippen molar-refractivity contribution < 1.29 is 9.13 Å². The van der Waals surface area contributed by atoms with E-state index in [0.717, 1.165) is 62.7 Å². The summed E-state index contributed by atoms with van der Waals surface area (Å²) in [5.41, 5.74) is 2.33. The zero-order chi connectivity index (χ0) is 26.6. The normalized spacial score (nSPS) is 21.2. The van der Waals surface area contributed by atoms with Crippen molar-refractivity contribution in [3.05, 3.63) is 65.5 Å². The standard InChI is InChI=1S/C34H48FNO/c1-5-7-9-10-12-24-34(36-4)25-21-31(22-26-34)29-15-13-28(14-16-29)30-17-19-32(20-18-30)37-27-33(3,35)23-11-8-6-2/h13-20,31H,5-12,21-27H2,1-3H3. The minimum atomic E-state index is -1.29. The second-order valence-corrected chi connectivity index (χ2v) is 11.6.